The van der Waals surface area contributed by atoms with E-state index in [0.717, 1.165) is 33.8 Å². The smallest absolute Gasteiger partial charge is 0.338 e. The molecule has 0 unspecified atom stereocenters. The van der Waals surface area contributed by atoms with Crippen LogP contribution in [0.4, 0.5) is 5.69 Å². The van der Waals surface area contributed by atoms with E-state index in [2.05, 4.69) is 16.9 Å². The van der Waals surface area contributed by atoms with Gasteiger partial charge in [-0.05, 0) is 73.5 Å². The average Bonchev–Trinajstić information content (AvgIpc) is 3.18. The zero-order valence-electron chi connectivity index (χ0n) is 20.0. The quantitative estimate of drug-likeness (QED) is 0.251. The van der Waals surface area contributed by atoms with E-state index in [-0.39, 0.29) is 5.69 Å². The van der Waals surface area contributed by atoms with Crippen LogP contribution in [0.25, 0.3) is 22.4 Å². The van der Waals surface area contributed by atoms with E-state index in [1.54, 1.807) is 39.7 Å². The van der Waals surface area contributed by atoms with Crippen molar-refractivity contribution in [1.29, 1.82) is 0 Å². The number of hydrogen-bond donors (Lipinski definition) is 1. The van der Waals surface area contributed by atoms with Crippen LogP contribution in [0, 0.1) is 13.8 Å². The molecule has 6 nitrogen and oxygen atoms in total. The van der Waals surface area contributed by atoms with Gasteiger partial charge in [0.25, 0.3) is 0 Å². The van der Waals surface area contributed by atoms with Crippen molar-refractivity contribution in [2.24, 2.45) is 0 Å². The van der Waals surface area contributed by atoms with Crippen molar-refractivity contribution in [3.8, 4) is 22.9 Å². The van der Waals surface area contributed by atoms with Crippen molar-refractivity contribution in [3.63, 3.8) is 0 Å². The lowest BCUT2D eigenvalue weighted by molar-refractivity contribution is 0.478. The lowest BCUT2D eigenvalue weighted by atomic mass is 10.1. The standard InChI is InChI=1S/C29H25ClN4O2/c1-4-14-32-21-8-6-9-22(16-21)33-25-13-15-31-18-26(25)34(29(33)35)23-11-12-28(24(30)17-23)36-27-10-5-7-19(2)20(27)3/h4-13,15-18,32H,1,14H2,2-3H3. The summed E-state index contributed by atoms with van der Waals surface area (Å²) in [7, 11) is 0. The number of imidazole rings is 1. The van der Waals surface area contributed by atoms with Crippen molar-refractivity contribution < 1.29 is 4.74 Å². The molecular weight excluding hydrogens is 472 g/mol. The first kappa shape index (κ1) is 23.5. The maximum absolute atomic E-state index is 13.8. The van der Waals surface area contributed by atoms with Gasteiger partial charge in [-0.3, -0.25) is 14.1 Å². The van der Waals surface area contributed by atoms with Crippen LogP contribution < -0.4 is 15.7 Å². The first-order valence-corrected chi connectivity index (χ1v) is 11.9. The summed E-state index contributed by atoms with van der Waals surface area (Å²) in [6, 6.07) is 20.8. The van der Waals surface area contributed by atoms with Gasteiger partial charge >= 0.3 is 5.69 Å². The Morgan fingerprint density at radius 1 is 0.972 bits per heavy atom. The van der Waals surface area contributed by atoms with Crippen molar-refractivity contribution in [1.82, 2.24) is 14.1 Å². The number of ether oxygens (including phenoxy) is 1. The number of nitrogens with one attached hydrogen (secondary N) is 1. The second kappa shape index (κ2) is 9.76. The molecule has 0 radical (unpaired) electrons. The van der Waals surface area contributed by atoms with Crippen molar-refractivity contribution in [2.75, 3.05) is 11.9 Å². The fraction of sp³-hybridized carbons (Fsp3) is 0.103. The minimum atomic E-state index is -0.224. The second-order valence-electron chi connectivity index (χ2n) is 8.45. The topological polar surface area (TPSA) is 61.1 Å². The number of pyridine rings is 1. The number of rotatable bonds is 7. The molecule has 0 atom stereocenters. The molecule has 7 heteroatoms. The molecule has 0 fully saturated rings. The van der Waals surface area contributed by atoms with Crippen LogP contribution in [0.2, 0.25) is 5.02 Å². The van der Waals surface area contributed by atoms with E-state index in [1.165, 1.54) is 0 Å². The number of fused-ring (bicyclic) bond motifs is 1. The molecule has 2 aromatic heterocycles. The summed E-state index contributed by atoms with van der Waals surface area (Å²) in [4.78, 5) is 18.0. The summed E-state index contributed by atoms with van der Waals surface area (Å²) in [5, 5.41) is 3.67. The SMILES string of the molecule is C=CCNc1cccc(-n2c(=O)n(-c3ccc(Oc4cccc(C)c4C)c(Cl)c3)c3cnccc32)c1. The minimum Gasteiger partial charge on any atom is -0.456 e. The van der Waals surface area contributed by atoms with Gasteiger partial charge in [-0.15, -0.1) is 6.58 Å². The summed E-state index contributed by atoms with van der Waals surface area (Å²) in [6.07, 6.45) is 5.14. The molecule has 1 N–H and O–H groups in total. The number of aromatic nitrogens is 3. The maximum atomic E-state index is 13.8. The lowest BCUT2D eigenvalue weighted by Crippen LogP contribution is -2.22. The van der Waals surface area contributed by atoms with Crippen molar-refractivity contribution in [2.45, 2.75) is 13.8 Å². The highest BCUT2D eigenvalue weighted by Gasteiger charge is 2.18. The Morgan fingerprint density at radius 2 is 1.75 bits per heavy atom. The molecule has 0 saturated heterocycles. The largest absolute Gasteiger partial charge is 0.456 e. The van der Waals surface area contributed by atoms with Gasteiger partial charge in [-0.1, -0.05) is 35.9 Å². The molecule has 0 aliphatic heterocycles. The van der Waals surface area contributed by atoms with E-state index >= 15 is 0 Å². The Hall–Kier alpha value is -4.29. The molecule has 0 saturated carbocycles. The van der Waals surface area contributed by atoms with Crippen molar-refractivity contribution >= 4 is 28.3 Å². The van der Waals surface area contributed by atoms with E-state index in [9.17, 15) is 4.79 Å². The third-order valence-corrected chi connectivity index (χ3v) is 6.44. The Labute approximate surface area is 214 Å². The van der Waals surface area contributed by atoms with Gasteiger partial charge in [0, 0.05) is 18.4 Å². The fourth-order valence-electron chi connectivity index (χ4n) is 4.16. The van der Waals surface area contributed by atoms with Crippen LogP contribution in [0.3, 0.4) is 0 Å². The summed E-state index contributed by atoms with van der Waals surface area (Å²) in [6.45, 7) is 8.42. The molecule has 36 heavy (non-hydrogen) atoms. The highest BCUT2D eigenvalue weighted by molar-refractivity contribution is 6.32. The number of aryl methyl sites for hydroxylation is 1. The fourth-order valence-corrected chi connectivity index (χ4v) is 4.37. The molecule has 5 aromatic rings. The number of hydrogen-bond acceptors (Lipinski definition) is 4. The van der Waals surface area contributed by atoms with Crippen LogP contribution in [0.15, 0.2) is 96.6 Å². The Morgan fingerprint density at radius 3 is 2.56 bits per heavy atom. The Bertz CT molecular complexity index is 1650. The molecule has 2 heterocycles. The highest BCUT2D eigenvalue weighted by atomic mass is 35.5. The minimum absolute atomic E-state index is 0.224. The summed E-state index contributed by atoms with van der Waals surface area (Å²) >= 11 is 6.64. The summed E-state index contributed by atoms with van der Waals surface area (Å²) < 4.78 is 9.38. The zero-order valence-corrected chi connectivity index (χ0v) is 20.8. The summed E-state index contributed by atoms with van der Waals surface area (Å²) in [5.74, 6) is 1.26. The van der Waals surface area contributed by atoms with Crippen LogP contribution in [-0.2, 0) is 0 Å². The predicted octanol–water partition coefficient (Wildman–Crippen LogP) is 6.84. The average molecular weight is 497 g/mol. The molecule has 0 aliphatic rings. The zero-order chi connectivity index (χ0) is 25.2. The normalized spacial score (nSPS) is 11.0. The van der Waals surface area contributed by atoms with Crippen molar-refractivity contribution in [3.05, 3.63) is 118 Å². The van der Waals surface area contributed by atoms with Gasteiger partial charge in [-0.2, -0.15) is 0 Å². The molecule has 0 aliphatic carbocycles. The molecule has 0 bridgehead atoms. The first-order valence-electron chi connectivity index (χ1n) is 11.5. The molecule has 180 valence electrons. The monoisotopic (exact) mass is 496 g/mol. The number of anilines is 1. The first-order chi connectivity index (χ1) is 17.5. The molecular formula is C29H25ClN4O2. The van der Waals surface area contributed by atoms with Gasteiger partial charge in [0.1, 0.15) is 11.5 Å². The Balaban J connectivity index is 1.59. The maximum Gasteiger partial charge on any atom is 0.338 e. The number of benzene rings is 3. The Kier molecular flexibility index (Phi) is 6.36. The highest BCUT2D eigenvalue weighted by Crippen LogP contribution is 2.34. The van der Waals surface area contributed by atoms with E-state index < -0.39 is 0 Å². The molecule has 0 amide bonds. The van der Waals surface area contributed by atoms with Gasteiger partial charge < -0.3 is 10.1 Å². The summed E-state index contributed by atoms with van der Waals surface area (Å²) in [5.41, 5.74) is 5.63. The van der Waals surface area contributed by atoms with Gasteiger partial charge in [0.2, 0.25) is 0 Å². The van der Waals surface area contributed by atoms with Gasteiger partial charge in [0.05, 0.1) is 33.6 Å². The number of nitrogens with zero attached hydrogens (tertiary/aromatic N) is 3. The second-order valence-corrected chi connectivity index (χ2v) is 8.86. The molecule has 3 aromatic carbocycles. The van der Waals surface area contributed by atoms with Crippen LogP contribution in [0.5, 0.6) is 11.5 Å². The number of halogens is 1. The van der Waals surface area contributed by atoms with Gasteiger partial charge in [0.15, 0.2) is 0 Å². The molecule has 0 spiro atoms. The van der Waals surface area contributed by atoms with Crippen LogP contribution >= 0.6 is 11.6 Å². The lowest BCUT2D eigenvalue weighted by Gasteiger charge is -2.13. The molecule has 5 rings (SSSR count). The third-order valence-electron chi connectivity index (χ3n) is 6.15. The van der Waals surface area contributed by atoms with E-state index in [4.69, 9.17) is 16.3 Å². The van der Waals surface area contributed by atoms with E-state index in [0.29, 0.717) is 28.5 Å². The van der Waals surface area contributed by atoms with Gasteiger partial charge in [-0.25, -0.2) is 4.79 Å². The van der Waals surface area contributed by atoms with Crippen LogP contribution in [0.1, 0.15) is 11.1 Å². The third kappa shape index (κ3) is 4.27. The predicted molar refractivity (Wildman–Crippen MR) is 146 cm³/mol. The van der Waals surface area contributed by atoms with E-state index in [1.807, 2.05) is 68.4 Å². The van der Waals surface area contributed by atoms with Crippen LogP contribution in [-0.4, -0.2) is 20.7 Å².